The first-order valence-electron chi connectivity index (χ1n) is 11.1. The summed E-state index contributed by atoms with van der Waals surface area (Å²) < 4.78 is 26.7. The number of nitrogens with one attached hydrogen (secondary N) is 1. The minimum Gasteiger partial charge on any atom is -0.355 e. The number of rotatable bonds is 12. The Morgan fingerprint density at radius 2 is 1.74 bits per heavy atom. The number of likely N-dealkylation sites (N-methyl/N-ethyl adjacent to an activating group) is 1. The fourth-order valence-electron chi connectivity index (χ4n) is 3.53. The third-order valence-electron chi connectivity index (χ3n) is 5.41. The van der Waals surface area contributed by atoms with Crippen molar-refractivity contribution in [2.24, 2.45) is 0 Å². The standard InChI is InChI=1S/C24H31Cl2N3O4S/c1-4-22(24(31)27-5-2)29(17-18-13-14-19(25)16-21(18)26)23(30)12-9-15-28(3)34(32,33)20-10-7-6-8-11-20/h6-8,10-11,13-14,16,22H,4-5,9,12,15,17H2,1-3H3,(H,27,31)/t22-/m0/s1. The molecule has 2 rings (SSSR count). The molecule has 0 unspecified atom stereocenters. The SMILES string of the molecule is CCNC(=O)[C@H](CC)N(Cc1ccc(Cl)cc1Cl)C(=O)CCCN(C)S(=O)(=O)c1ccccc1. The van der Waals surface area contributed by atoms with Crippen LogP contribution < -0.4 is 5.32 Å². The Labute approximate surface area is 212 Å². The van der Waals surface area contributed by atoms with Crippen molar-refractivity contribution < 1.29 is 18.0 Å². The molecule has 0 fully saturated rings. The van der Waals surface area contributed by atoms with Crippen molar-refractivity contribution in [2.75, 3.05) is 20.1 Å². The second-order valence-corrected chi connectivity index (χ2v) is 10.7. The highest BCUT2D eigenvalue weighted by Crippen LogP contribution is 2.24. The van der Waals surface area contributed by atoms with Crippen molar-refractivity contribution in [3.8, 4) is 0 Å². The number of nitrogens with zero attached hydrogens (tertiary/aromatic N) is 2. The number of carbonyl (C=O) groups is 2. The molecule has 2 aromatic rings. The normalized spacial score (nSPS) is 12.4. The van der Waals surface area contributed by atoms with Crippen molar-refractivity contribution >= 4 is 45.0 Å². The lowest BCUT2D eigenvalue weighted by Gasteiger charge is -2.31. The van der Waals surface area contributed by atoms with E-state index in [0.717, 1.165) is 0 Å². The minimum absolute atomic E-state index is 0.0791. The Balaban J connectivity index is 2.15. The largest absolute Gasteiger partial charge is 0.355 e. The van der Waals surface area contributed by atoms with E-state index < -0.39 is 16.1 Å². The Morgan fingerprint density at radius 3 is 2.32 bits per heavy atom. The molecule has 0 saturated carbocycles. The molecule has 0 heterocycles. The van der Waals surface area contributed by atoms with Crippen LogP contribution in [0.2, 0.25) is 10.0 Å². The maximum absolute atomic E-state index is 13.2. The average molecular weight is 529 g/mol. The molecule has 0 aliphatic carbocycles. The molecule has 0 bridgehead atoms. The molecule has 1 N–H and O–H groups in total. The lowest BCUT2D eigenvalue weighted by Crippen LogP contribution is -2.49. The van der Waals surface area contributed by atoms with Gasteiger partial charge in [0.25, 0.3) is 0 Å². The highest BCUT2D eigenvalue weighted by molar-refractivity contribution is 7.89. The maximum atomic E-state index is 13.2. The molecule has 0 aliphatic heterocycles. The van der Waals surface area contributed by atoms with Crippen LogP contribution in [0.15, 0.2) is 53.4 Å². The van der Waals surface area contributed by atoms with Crippen molar-refractivity contribution in [1.82, 2.24) is 14.5 Å². The second kappa shape index (κ2) is 13.1. The van der Waals surface area contributed by atoms with Gasteiger partial charge >= 0.3 is 0 Å². The van der Waals surface area contributed by atoms with Gasteiger partial charge in [0, 0.05) is 43.1 Å². The fraction of sp³-hybridized carbons (Fsp3) is 0.417. The number of halogens is 2. The third kappa shape index (κ3) is 7.43. The molecule has 7 nitrogen and oxygen atoms in total. The van der Waals surface area contributed by atoms with Crippen molar-refractivity contribution in [3.63, 3.8) is 0 Å². The molecule has 0 spiro atoms. The first-order valence-corrected chi connectivity index (χ1v) is 13.3. The predicted molar refractivity (Wildman–Crippen MR) is 135 cm³/mol. The zero-order valence-electron chi connectivity index (χ0n) is 19.6. The van der Waals surface area contributed by atoms with Crippen LogP contribution in [0.4, 0.5) is 0 Å². The number of sulfonamides is 1. The first kappa shape index (κ1) is 28.1. The highest BCUT2D eigenvalue weighted by atomic mass is 35.5. The van der Waals surface area contributed by atoms with Gasteiger partial charge in [0.15, 0.2) is 0 Å². The van der Waals surface area contributed by atoms with Crippen LogP contribution in [0.3, 0.4) is 0 Å². The summed E-state index contributed by atoms with van der Waals surface area (Å²) in [4.78, 5) is 27.6. The number of amides is 2. The van der Waals surface area contributed by atoms with E-state index in [-0.39, 0.29) is 36.2 Å². The summed E-state index contributed by atoms with van der Waals surface area (Å²) in [5, 5.41) is 3.66. The zero-order valence-corrected chi connectivity index (χ0v) is 22.0. The summed E-state index contributed by atoms with van der Waals surface area (Å²) in [5.41, 5.74) is 0.672. The average Bonchev–Trinajstić information content (AvgIpc) is 2.80. The minimum atomic E-state index is -3.64. The topological polar surface area (TPSA) is 86.8 Å². The first-order chi connectivity index (χ1) is 16.1. The van der Waals surface area contributed by atoms with Gasteiger partial charge in [0.1, 0.15) is 6.04 Å². The van der Waals surface area contributed by atoms with Crippen LogP contribution in [-0.2, 0) is 26.2 Å². The van der Waals surface area contributed by atoms with Crippen LogP contribution in [0.25, 0.3) is 0 Å². The number of carbonyl (C=O) groups excluding carboxylic acids is 2. The maximum Gasteiger partial charge on any atom is 0.242 e. The Hall–Kier alpha value is -2.13. The highest BCUT2D eigenvalue weighted by Gasteiger charge is 2.29. The third-order valence-corrected chi connectivity index (χ3v) is 7.87. The summed E-state index contributed by atoms with van der Waals surface area (Å²) >= 11 is 12.3. The summed E-state index contributed by atoms with van der Waals surface area (Å²) in [7, 11) is -2.16. The number of benzene rings is 2. The molecule has 0 saturated heterocycles. The number of hydrogen-bond acceptors (Lipinski definition) is 4. The molecule has 0 aliphatic rings. The lowest BCUT2D eigenvalue weighted by molar-refractivity contribution is -0.141. The van der Waals surface area contributed by atoms with Crippen LogP contribution in [0.5, 0.6) is 0 Å². The summed E-state index contributed by atoms with van der Waals surface area (Å²) in [6, 6.07) is 12.5. The summed E-state index contributed by atoms with van der Waals surface area (Å²) in [6.45, 7) is 4.40. The van der Waals surface area contributed by atoms with Gasteiger partial charge in [-0.25, -0.2) is 12.7 Å². The van der Waals surface area contributed by atoms with E-state index >= 15 is 0 Å². The molecule has 34 heavy (non-hydrogen) atoms. The van der Waals surface area contributed by atoms with Gasteiger partial charge in [0.05, 0.1) is 4.90 Å². The summed E-state index contributed by atoms with van der Waals surface area (Å²) in [6.07, 6.45) is 0.804. The molecule has 186 valence electrons. The van der Waals surface area contributed by atoms with Gasteiger partial charge in [-0.2, -0.15) is 0 Å². The Bertz CT molecular complexity index is 1080. The van der Waals surface area contributed by atoms with Crippen LogP contribution >= 0.6 is 23.2 Å². The molecule has 10 heteroatoms. The van der Waals surface area contributed by atoms with E-state index in [9.17, 15) is 18.0 Å². The lowest BCUT2D eigenvalue weighted by atomic mass is 10.1. The van der Waals surface area contributed by atoms with Gasteiger partial charge in [-0.05, 0) is 49.6 Å². The monoisotopic (exact) mass is 527 g/mol. The second-order valence-electron chi connectivity index (χ2n) is 7.82. The molecular weight excluding hydrogens is 497 g/mol. The van der Waals surface area contributed by atoms with Crippen LogP contribution in [0.1, 0.15) is 38.7 Å². The van der Waals surface area contributed by atoms with E-state index in [1.165, 1.54) is 28.4 Å². The van der Waals surface area contributed by atoms with Gasteiger partial charge < -0.3 is 10.2 Å². The van der Waals surface area contributed by atoms with Crippen LogP contribution in [0, 0.1) is 0 Å². The molecule has 1 atom stereocenters. The number of hydrogen-bond donors (Lipinski definition) is 1. The van der Waals surface area contributed by atoms with Crippen molar-refractivity contribution in [3.05, 3.63) is 64.1 Å². The Morgan fingerprint density at radius 1 is 1.06 bits per heavy atom. The van der Waals surface area contributed by atoms with E-state index in [0.29, 0.717) is 35.0 Å². The fourth-order valence-corrected chi connectivity index (χ4v) is 5.23. The zero-order chi connectivity index (χ0) is 25.3. The van der Waals surface area contributed by atoms with Gasteiger partial charge in [-0.1, -0.05) is 54.4 Å². The van der Waals surface area contributed by atoms with E-state index in [1.807, 2.05) is 13.8 Å². The van der Waals surface area contributed by atoms with Gasteiger partial charge in [0.2, 0.25) is 21.8 Å². The smallest absolute Gasteiger partial charge is 0.242 e. The molecule has 0 aromatic heterocycles. The predicted octanol–water partition coefficient (Wildman–Crippen LogP) is 4.34. The summed E-state index contributed by atoms with van der Waals surface area (Å²) in [5.74, 6) is -0.498. The van der Waals surface area contributed by atoms with Crippen molar-refractivity contribution in [1.29, 1.82) is 0 Å². The van der Waals surface area contributed by atoms with Crippen molar-refractivity contribution in [2.45, 2.75) is 50.6 Å². The quantitative estimate of drug-likeness (QED) is 0.444. The van der Waals surface area contributed by atoms with Gasteiger partial charge in [-0.15, -0.1) is 0 Å². The molecular formula is C24H31Cl2N3O4S. The van der Waals surface area contributed by atoms with E-state index in [4.69, 9.17) is 23.2 Å². The molecule has 2 aromatic carbocycles. The Kier molecular flexibility index (Phi) is 10.8. The van der Waals surface area contributed by atoms with Gasteiger partial charge in [-0.3, -0.25) is 9.59 Å². The van der Waals surface area contributed by atoms with E-state index in [1.54, 1.807) is 36.4 Å². The van der Waals surface area contributed by atoms with Crippen LogP contribution in [-0.4, -0.2) is 55.6 Å². The molecule has 2 amide bonds. The molecule has 0 radical (unpaired) electrons. The van der Waals surface area contributed by atoms with E-state index in [2.05, 4.69) is 5.32 Å².